The average molecular weight is 204 g/mol. The topological polar surface area (TPSA) is 0 Å². The molecule has 0 bridgehead atoms. The van der Waals surface area contributed by atoms with Crippen molar-refractivity contribution < 1.29 is 0 Å². The molecular weight excluding hydrogens is 180 g/mol. The predicted molar refractivity (Wildman–Crippen MR) is 68.9 cm³/mol. The number of allylic oxidation sites excluding steroid dienone is 6. The van der Waals surface area contributed by atoms with Gasteiger partial charge in [0.2, 0.25) is 0 Å². The van der Waals surface area contributed by atoms with Gasteiger partial charge >= 0.3 is 0 Å². The second-order valence-electron chi connectivity index (χ2n) is 4.84. The van der Waals surface area contributed by atoms with Gasteiger partial charge in [-0.15, -0.1) is 0 Å². The largest absolute Gasteiger partial charge is 0.0764 e. The molecule has 0 spiro atoms. The van der Waals surface area contributed by atoms with Crippen molar-refractivity contribution in [2.45, 2.75) is 53.4 Å². The van der Waals surface area contributed by atoms with Crippen LogP contribution in [0.15, 0.2) is 34.9 Å². The Bertz CT molecular complexity index is 285. The van der Waals surface area contributed by atoms with Crippen LogP contribution in [-0.4, -0.2) is 0 Å². The van der Waals surface area contributed by atoms with E-state index in [0.29, 0.717) is 0 Å². The van der Waals surface area contributed by atoms with Crippen LogP contribution in [0.4, 0.5) is 0 Å². The van der Waals surface area contributed by atoms with Gasteiger partial charge in [0.05, 0.1) is 0 Å². The smallest absolute Gasteiger partial charge is 0.0197 e. The SMILES string of the molecule is CCCC1CCC(/C=C\C=C(C)C)=C1C. The van der Waals surface area contributed by atoms with Crippen molar-refractivity contribution >= 4 is 0 Å². The van der Waals surface area contributed by atoms with Crippen LogP contribution in [0.1, 0.15) is 53.4 Å². The molecule has 0 saturated heterocycles. The van der Waals surface area contributed by atoms with Gasteiger partial charge in [-0.25, -0.2) is 0 Å². The Kier molecular flexibility index (Phi) is 4.87. The molecule has 1 aliphatic rings. The maximum atomic E-state index is 2.31. The Labute approximate surface area is 94.8 Å². The Morgan fingerprint density at radius 3 is 2.73 bits per heavy atom. The fraction of sp³-hybridized carbons (Fsp3) is 0.600. The lowest BCUT2D eigenvalue weighted by atomic mass is 9.97. The molecule has 0 aliphatic heterocycles. The quantitative estimate of drug-likeness (QED) is 0.563. The van der Waals surface area contributed by atoms with Crippen LogP contribution in [0.25, 0.3) is 0 Å². The fourth-order valence-corrected chi connectivity index (χ4v) is 2.29. The molecule has 84 valence electrons. The molecule has 0 aromatic rings. The summed E-state index contributed by atoms with van der Waals surface area (Å²) in [6.45, 7) is 8.88. The molecule has 0 heterocycles. The minimum Gasteiger partial charge on any atom is -0.0764 e. The first kappa shape index (κ1) is 12.3. The zero-order valence-electron chi connectivity index (χ0n) is 10.6. The lowest BCUT2D eigenvalue weighted by molar-refractivity contribution is 0.545. The molecule has 0 saturated carbocycles. The molecule has 0 nitrogen and oxygen atoms in total. The van der Waals surface area contributed by atoms with Gasteiger partial charge in [-0.2, -0.15) is 0 Å². The van der Waals surface area contributed by atoms with Gasteiger partial charge in [0.25, 0.3) is 0 Å². The fourth-order valence-electron chi connectivity index (χ4n) is 2.29. The van der Waals surface area contributed by atoms with Gasteiger partial charge in [0.1, 0.15) is 0 Å². The summed E-state index contributed by atoms with van der Waals surface area (Å²) in [5.41, 5.74) is 4.58. The monoisotopic (exact) mass is 204 g/mol. The lowest BCUT2D eigenvalue weighted by Gasteiger charge is -2.08. The molecule has 1 aliphatic carbocycles. The molecule has 0 heteroatoms. The van der Waals surface area contributed by atoms with Gasteiger partial charge < -0.3 is 0 Å². The van der Waals surface area contributed by atoms with Gasteiger partial charge in [0.15, 0.2) is 0 Å². The Morgan fingerprint density at radius 2 is 2.13 bits per heavy atom. The number of hydrogen-bond acceptors (Lipinski definition) is 0. The average Bonchev–Trinajstić information content (AvgIpc) is 2.50. The third kappa shape index (κ3) is 3.70. The van der Waals surface area contributed by atoms with Crippen LogP contribution in [0.2, 0.25) is 0 Å². The highest BCUT2D eigenvalue weighted by atomic mass is 14.2. The molecule has 1 rings (SSSR count). The van der Waals surface area contributed by atoms with Crippen molar-refractivity contribution in [2.75, 3.05) is 0 Å². The Morgan fingerprint density at radius 1 is 1.40 bits per heavy atom. The first-order valence-corrected chi connectivity index (χ1v) is 6.16. The minimum atomic E-state index is 0.862. The van der Waals surface area contributed by atoms with Crippen LogP contribution in [0.5, 0.6) is 0 Å². The summed E-state index contributed by atoms with van der Waals surface area (Å²) in [5, 5.41) is 0. The van der Waals surface area contributed by atoms with E-state index in [1.807, 2.05) is 0 Å². The molecule has 0 fully saturated rings. The molecule has 15 heavy (non-hydrogen) atoms. The minimum absolute atomic E-state index is 0.862. The van der Waals surface area contributed by atoms with E-state index in [9.17, 15) is 0 Å². The Balaban J connectivity index is 2.63. The van der Waals surface area contributed by atoms with E-state index in [0.717, 1.165) is 5.92 Å². The van der Waals surface area contributed by atoms with Gasteiger partial charge in [0, 0.05) is 0 Å². The molecule has 1 atom stereocenters. The molecular formula is C15H24. The zero-order chi connectivity index (χ0) is 11.3. The maximum Gasteiger partial charge on any atom is -0.0197 e. The van der Waals surface area contributed by atoms with E-state index in [1.54, 1.807) is 11.1 Å². The molecule has 1 unspecified atom stereocenters. The first-order valence-electron chi connectivity index (χ1n) is 6.16. The maximum absolute atomic E-state index is 2.31. The highest BCUT2D eigenvalue weighted by Gasteiger charge is 2.19. The van der Waals surface area contributed by atoms with E-state index >= 15 is 0 Å². The van der Waals surface area contributed by atoms with Crippen LogP contribution < -0.4 is 0 Å². The number of hydrogen-bond donors (Lipinski definition) is 0. The van der Waals surface area contributed by atoms with Gasteiger partial charge in [-0.3, -0.25) is 0 Å². The summed E-state index contributed by atoms with van der Waals surface area (Å²) in [5.74, 6) is 0.862. The van der Waals surface area contributed by atoms with E-state index in [2.05, 4.69) is 45.9 Å². The summed E-state index contributed by atoms with van der Waals surface area (Å²) >= 11 is 0. The summed E-state index contributed by atoms with van der Waals surface area (Å²) in [6.07, 6.45) is 12.0. The third-order valence-corrected chi connectivity index (χ3v) is 3.25. The molecule has 0 aromatic carbocycles. The van der Waals surface area contributed by atoms with Crippen LogP contribution in [0.3, 0.4) is 0 Å². The summed E-state index contributed by atoms with van der Waals surface area (Å²) in [6, 6.07) is 0. The summed E-state index contributed by atoms with van der Waals surface area (Å²) < 4.78 is 0. The third-order valence-electron chi connectivity index (χ3n) is 3.25. The molecule has 0 amide bonds. The molecule has 0 aromatic heterocycles. The highest BCUT2D eigenvalue weighted by Crippen LogP contribution is 2.35. The van der Waals surface area contributed by atoms with E-state index in [1.165, 1.54) is 31.3 Å². The normalized spacial score (nSPS) is 21.5. The van der Waals surface area contributed by atoms with Crippen LogP contribution in [-0.2, 0) is 0 Å². The predicted octanol–water partition coefficient (Wildman–Crippen LogP) is 5.04. The standard InChI is InChI=1S/C15H24/c1-5-7-14-10-11-15(13(14)4)9-6-8-12(2)3/h6,8-9,14H,5,7,10-11H2,1-4H3/b9-6-. The van der Waals surface area contributed by atoms with E-state index in [4.69, 9.17) is 0 Å². The second-order valence-corrected chi connectivity index (χ2v) is 4.84. The first-order chi connectivity index (χ1) is 7.15. The van der Waals surface area contributed by atoms with Crippen molar-refractivity contribution in [3.8, 4) is 0 Å². The summed E-state index contributed by atoms with van der Waals surface area (Å²) in [7, 11) is 0. The van der Waals surface area contributed by atoms with Gasteiger partial charge in [-0.1, -0.05) is 42.7 Å². The van der Waals surface area contributed by atoms with Gasteiger partial charge in [-0.05, 0) is 51.5 Å². The van der Waals surface area contributed by atoms with Crippen molar-refractivity contribution in [1.29, 1.82) is 0 Å². The summed E-state index contributed by atoms with van der Waals surface area (Å²) in [4.78, 5) is 0. The lowest BCUT2D eigenvalue weighted by Crippen LogP contribution is -1.95. The zero-order valence-corrected chi connectivity index (χ0v) is 10.6. The van der Waals surface area contributed by atoms with Crippen molar-refractivity contribution in [3.63, 3.8) is 0 Å². The van der Waals surface area contributed by atoms with Crippen molar-refractivity contribution in [3.05, 3.63) is 34.9 Å². The highest BCUT2D eigenvalue weighted by molar-refractivity contribution is 5.32. The Hall–Kier alpha value is -0.780. The van der Waals surface area contributed by atoms with Crippen molar-refractivity contribution in [1.82, 2.24) is 0 Å². The molecule has 0 N–H and O–H groups in total. The van der Waals surface area contributed by atoms with Crippen LogP contribution >= 0.6 is 0 Å². The van der Waals surface area contributed by atoms with Crippen LogP contribution in [0, 0.1) is 5.92 Å². The van der Waals surface area contributed by atoms with Crippen molar-refractivity contribution in [2.24, 2.45) is 5.92 Å². The number of rotatable bonds is 4. The van der Waals surface area contributed by atoms with E-state index < -0.39 is 0 Å². The second kappa shape index (κ2) is 5.95. The molecule has 0 radical (unpaired) electrons. The van der Waals surface area contributed by atoms with E-state index in [-0.39, 0.29) is 0 Å².